The molecule has 2 aromatic heterocycles. The molecule has 3 heterocycles. The lowest BCUT2D eigenvalue weighted by molar-refractivity contribution is -0.133. The van der Waals surface area contributed by atoms with Crippen LogP contribution in [0, 0.1) is 5.82 Å². The van der Waals surface area contributed by atoms with Crippen molar-refractivity contribution in [1.29, 1.82) is 0 Å². The van der Waals surface area contributed by atoms with Crippen molar-refractivity contribution in [3.63, 3.8) is 0 Å². The number of aromatic nitrogens is 1. The van der Waals surface area contributed by atoms with Gasteiger partial charge in [-0.15, -0.1) is 0 Å². The van der Waals surface area contributed by atoms with Crippen molar-refractivity contribution in [1.82, 2.24) is 14.8 Å². The molecule has 0 bridgehead atoms. The number of fused-ring (bicyclic) bond motifs is 1. The lowest BCUT2D eigenvalue weighted by atomic mass is 9.93. The van der Waals surface area contributed by atoms with E-state index in [0.717, 1.165) is 5.56 Å². The third-order valence-corrected chi connectivity index (χ3v) is 6.67. The molecule has 178 valence electrons. The molecule has 1 atom stereocenters. The van der Waals surface area contributed by atoms with E-state index < -0.39 is 11.4 Å². The van der Waals surface area contributed by atoms with Crippen molar-refractivity contribution in [2.75, 3.05) is 0 Å². The molecule has 0 saturated heterocycles. The smallest absolute Gasteiger partial charge is 0.271 e. The Balaban J connectivity index is 1.51. The Bertz CT molecular complexity index is 1380. The minimum absolute atomic E-state index is 0.0440. The van der Waals surface area contributed by atoms with E-state index in [9.17, 15) is 14.0 Å². The second-order valence-corrected chi connectivity index (χ2v) is 9.17. The van der Waals surface area contributed by atoms with Gasteiger partial charge in [0.1, 0.15) is 22.8 Å². The molecule has 0 spiro atoms. The third-order valence-electron chi connectivity index (χ3n) is 6.42. The van der Waals surface area contributed by atoms with Gasteiger partial charge < -0.3 is 19.2 Å². The molecule has 1 N–H and O–H groups in total. The van der Waals surface area contributed by atoms with Crippen molar-refractivity contribution in [3.8, 4) is 11.5 Å². The van der Waals surface area contributed by atoms with E-state index >= 15 is 0 Å². The van der Waals surface area contributed by atoms with E-state index in [2.05, 4.69) is 5.32 Å². The molecule has 1 aliphatic heterocycles. The molecule has 5 rings (SSSR count). The summed E-state index contributed by atoms with van der Waals surface area (Å²) in [5, 5.41) is 3.55. The van der Waals surface area contributed by atoms with Crippen LogP contribution in [-0.4, -0.2) is 26.8 Å². The molecular formula is C27H23ClFN3O3. The summed E-state index contributed by atoms with van der Waals surface area (Å²) in [6, 6.07) is 20.5. The van der Waals surface area contributed by atoms with Gasteiger partial charge in [-0.2, -0.15) is 0 Å². The van der Waals surface area contributed by atoms with Crippen molar-refractivity contribution >= 4 is 23.4 Å². The molecule has 2 aromatic carbocycles. The average Bonchev–Trinajstić information content (AvgIpc) is 3.52. The van der Waals surface area contributed by atoms with Crippen LogP contribution in [0.5, 0.6) is 0 Å². The highest BCUT2D eigenvalue weighted by Crippen LogP contribution is 2.34. The highest BCUT2D eigenvalue weighted by atomic mass is 35.5. The number of nitrogens with one attached hydrogen (secondary N) is 1. The van der Waals surface area contributed by atoms with Crippen LogP contribution >= 0.6 is 11.6 Å². The number of carbonyl (C=O) groups excluding carboxylic acids is 2. The molecule has 0 aliphatic carbocycles. The quantitative estimate of drug-likeness (QED) is 0.399. The van der Waals surface area contributed by atoms with Gasteiger partial charge in [-0.3, -0.25) is 9.59 Å². The Labute approximate surface area is 206 Å². The first kappa shape index (κ1) is 22.9. The van der Waals surface area contributed by atoms with Crippen LogP contribution in [0.15, 0.2) is 83.5 Å². The molecule has 0 radical (unpaired) electrons. The van der Waals surface area contributed by atoms with Gasteiger partial charge >= 0.3 is 0 Å². The summed E-state index contributed by atoms with van der Waals surface area (Å²) in [6.45, 7) is 2.10. The summed E-state index contributed by atoms with van der Waals surface area (Å²) >= 11 is 5.96. The molecule has 0 fully saturated rings. The van der Waals surface area contributed by atoms with Crippen LogP contribution in [0.3, 0.4) is 0 Å². The van der Waals surface area contributed by atoms with Crippen LogP contribution in [0.1, 0.15) is 28.5 Å². The first-order valence-electron chi connectivity index (χ1n) is 11.2. The molecule has 1 aliphatic rings. The maximum Gasteiger partial charge on any atom is 0.271 e. The van der Waals surface area contributed by atoms with Crippen LogP contribution in [0.2, 0.25) is 5.02 Å². The van der Waals surface area contributed by atoms with Crippen molar-refractivity contribution < 1.29 is 18.4 Å². The lowest BCUT2D eigenvalue weighted by Gasteiger charge is -2.44. The highest BCUT2D eigenvalue weighted by Gasteiger charge is 2.48. The predicted molar refractivity (Wildman–Crippen MR) is 130 cm³/mol. The number of furan rings is 1. The van der Waals surface area contributed by atoms with Gasteiger partial charge in [-0.1, -0.05) is 41.9 Å². The van der Waals surface area contributed by atoms with E-state index in [4.69, 9.17) is 16.0 Å². The highest BCUT2D eigenvalue weighted by molar-refractivity contribution is 6.30. The summed E-state index contributed by atoms with van der Waals surface area (Å²) in [7, 11) is 0. The third kappa shape index (κ3) is 4.23. The zero-order valence-corrected chi connectivity index (χ0v) is 19.8. The molecule has 0 unspecified atom stereocenters. The van der Waals surface area contributed by atoms with Gasteiger partial charge in [0.2, 0.25) is 5.91 Å². The molecule has 2 amide bonds. The molecule has 0 saturated carbocycles. The molecule has 8 heteroatoms. The van der Waals surface area contributed by atoms with Crippen LogP contribution in [-0.2, 0) is 24.4 Å². The van der Waals surface area contributed by atoms with Gasteiger partial charge in [-0.05, 0) is 55.0 Å². The minimum Gasteiger partial charge on any atom is -0.463 e. The minimum atomic E-state index is -1.29. The van der Waals surface area contributed by atoms with Crippen molar-refractivity contribution in [2.45, 2.75) is 32.1 Å². The number of carbonyl (C=O) groups is 2. The summed E-state index contributed by atoms with van der Waals surface area (Å²) < 4.78 is 21.9. The number of hydrogen-bond donors (Lipinski definition) is 1. The number of benzene rings is 2. The number of nitrogens with zero attached hydrogens (tertiary/aromatic N) is 2. The fourth-order valence-electron chi connectivity index (χ4n) is 4.43. The number of hydrogen-bond acceptors (Lipinski definition) is 3. The van der Waals surface area contributed by atoms with Gasteiger partial charge in [0.15, 0.2) is 0 Å². The predicted octanol–water partition coefficient (Wildman–Crippen LogP) is 5.27. The van der Waals surface area contributed by atoms with Crippen LogP contribution < -0.4 is 5.32 Å². The summed E-state index contributed by atoms with van der Waals surface area (Å²) in [5.74, 6) is -0.541. The summed E-state index contributed by atoms with van der Waals surface area (Å²) in [5.41, 5.74) is 1.02. The van der Waals surface area contributed by atoms with Gasteiger partial charge in [0.25, 0.3) is 5.91 Å². The first-order valence-corrected chi connectivity index (χ1v) is 11.6. The summed E-state index contributed by atoms with van der Waals surface area (Å²) in [4.78, 5) is 28.8. The zero-order chi connectivity index (χ0) is 24.6. The maximum absolute atomic E-state index is 14.5. The normalized spacial score (nSPS) is 17.3. The van der Waals surface area contributed by atoms with Gasteiger partial charge in [0, 0.05) is 17.1 Å². The number of halogens is 2. The molecule has 35 heavy (non-hydrogen) atoms. The fraction of sp³-hybridized carbons (Fsp3) is 0.185. The van der Waals surface area contributed by atoms with Crippen molar-refractivity contribution in [2.24, 2.45) is 0 Å². The largest absolute Gasteiger partial charge is 0.463 e. The standard InChI is InChI=1S/C27H23ClFN3O3/c1-27(26(34)30-15-18-8-10-20(28)11-9-18)17-31-22(24-7-4-14-35-24)12-13-23(31)25(33)32(27)16-19-5-2-3-6-21(19)29/h2-14H,15-17H2,1H3,(H,30,34)/t27-/m1/s1. The van der Waals surface area contributed by atoms with Crippen LogP contribution in [0.4, 0.5) is 4.39 Å². The van der Waals surface area contributed by atoms with E-state index in [1.807, 2.05) is 12.1 Å². The van der Waals surface area contributed by atoms with E-state index in [1.54, 1.807) is 72.4 Å². The lowest BCUT2D eigenvalue weighted by Crippen LogP contribution is -2.63. The average molecular weight is 492 g/mol. The Kier molecular flexibility index (Phi) is 5.94. The molecule has 4 aromatic rings. The topological polar surface area (TPSA) is 67.5 Å². The SMILES string of the molecule is C[C@]1(C(=O)NCc2ccc(Cl)cc2)Cn2c(ccc2-c2ccco2)C(=O)N1Cc1ccccc1F. The van der Waals surface area contributed by atoms with Crippen molar-refractivity contribution in [3.05, 3.63) is 107 Å². The van der Waals surface area contributed by atoms with Crippen LogP contribution in [0.25, 0.3) is 11.5 Å². The number of amides is 2. The van der Waals surface area contributed by atoms with E-state index in [0.29, 0.717) is 27.7 Å². The van der Waals surface area contributed by atoms with Gasteiger partial charge in [-0.25, -0.2) is 4.39 Å². The second kappa shape index (κ2) is 9.07. The summed E-state index contributed by atoms with van der Waals surface area (Å²) in [6.07, 6.45) is 1.56. The van der Waals surface area contributed by atoms with E-state index in [-0.39, 0.29) is 31.4 Å². The molecular weight excluding hydrogens is 469 g/mol. The Morgan fingerprint density at radius 1 is 1.06 bits per heavy atom. The zero-order valence-electron chi connectivity index (χ0n) is 19.0. The Hall–Kier alpha value is -3.84. The first-order chi connectivity index (χ1) is 16.9. The Morgan fingerprint density at radius 3 is 2.51 bits per heavy atom. The van der Waals surface area contributed by atoms with E-state index in [1.165, 1.54) is 11.0 Å². The second-order valence-electron chi connectivity index (χ2n) is 8.73. The monoisotopic (exact) mass is 491 g/mol. The number of rotatable bonds is 6. The van der Waals surface area contributed by atoms with Gasteiger partial charge in [0.05, 0.1) is 25.0 Å². The molecule has 6 nitrogen and oxygen atoms in total. The maximum atomic E-state index is 14.5. The Morgan fingerprint density at radius 2 is 1.80 bits per heavy atom. The fourth-order valence-corrected chi connectivity index (χ4v) is 4.56.